The molecular weight excluding hydrogens is 172 g/mol. The highest BCUT2D eigenvalue weighted by Gasteiger charge is 2.35. The second-order valence-corrected chi connectivity index (χ2v) is 6.87. The molecule has 1 saturated carbocycles. The quantitative estimate of drug-likeness (QED) is 0.590. The Morgan fingerprint density at radius 3 is 2.14 bits per heavy atom. The Morgan fingerprint density at radius 2 is 1.64 bits per heavy atom. The molecule has 0 saturated heterocycles. The van der Waals surface area contributed by atoms with Crippen molar-refractivity contribution in [3.8, 4) is 0 Å². The van der Waals surface area contributed by atoms with Crippen LogP contribution in [0.2, 0.25) is 0 Å². The minimum Gasteiger partial charge on any atom is -0.393 e. The van der Waals surface area contributed by atoms with Crippen molar-refractivity contribution in [2.75, 3.05) is 0 Å². The predicted octanol–water partition coefficient (Wildman–Crippen LogP) is 3.61. The van der Waals surface area contributed by atoms with Gasteiger partial charge < -0.3 is 5.11 Å². The Labute approximate surface area is 88.9 Å². The Balaban J connectivity index is 2.72. The molecule has 0 aromatic carbocycles. The third-order valence-corrected chi connectivity index (χ3v) is 3.66. The molecule has 1 aliphatic rings. The van der Waals surface area contributed by atoms with E-state index < -0.39 is 0 Å². The van der Waals surface area contributed by atoms with E-state index in [1.165, 1.54) is 12.8 Å². The summed E-state index contributed by atoms with van der Waals surface area (Å²) in [5, 5.41) is 9.81. The molecule has 84 valence electrons. The van der Waals surface area contributed by atoms with Gasteiger partial charge in [0.1, 0.15) is 0 Å². The van der Waals surface area contributed by atoms with Crippen molar-refractivity contribution in [3.05, 3.63) is 0 Å². The van der Waals surface area contributed by atoms with E-state index in [9.17, 15) is 5.11 Å². The third-order valence-electron chi connectivity index (χ3n) is 3.66. The summed E-state index contributed by atoms with van der Waals surface area (Å²) in [4.78, 5) is 0. The molecule has 0 amide bonds. The van der Waals surface area contributed by atoms with Crippen LogP contribution in [0.15, 0.2) is 0 Å². The van der Waals surface area contributed by atoms with E-state index in [0.717, 1.165) is 18.8 Å². The van der Waals surface area contributed by atoms with Gasteiger partial charge in [0, 0.05) is 0 Å². The van der Waals surface area contributed by atoms with Gasteiger partial charge in [-0.1, -0.05) is 34.6 Å². The molecule has 0 heterocycles. The number of rotatable bonds is 0. The number of hydrogen-bond donors (Lipinski definition) is 1. The van der Waals surface area contributed by atoms with Gasteiger partial charge in [0.25, 0.3) is 0 Å². The van der Waals surface area contributed by atoms with Crippen LogP contribution in [0.4, 0.5) is 0 Å². The van der Waals surface area contributed by atoms with Crippen molar-refractivity contribution < 1.29 is 5.11 Å². The van der Waals surface area contributed by atoms with E-state index in [-0.39, 0.29) is 6.10 Å². The van der Waals surface area contributed by atoms with Gasteiger partial charge in [-0.25, -0.2) is 0 Å². The lowest BCUT2D eigenvalue weighted by atomic mass is 9.71. The second-order valence-electron chi connectivity index (χ2n) is 6.87. The molecule has 0 aromatic heterocycles. The molecule has 0 unspecified atom stereocenters. The van der Waals surface area contributed by atoms with Crippen molar-refractivity contribution in [3.63, 3.8) is 0 Å². The summed E-state index contributed by atoms with van der Waals surface area (Å²) in [7, 11) is 0. The largest absolute Gasteiger partial charge is 0.393 e. The topological polar surface area (TPSA) is 20.2 Å². The van der Waals surface area contributed by atoms with Crippen LogP contribution in [-0.2, 0) is 0 Å². The highest BCUT2D eigenvalue weighted by molar-refractivity contribution is 4.86. The molecule has 1 heteroatoms. The van der Waals surface area contributed by atoms with Crippen LogP contribution in [0.3, 0.4) is 0 Å². The minimum atomic E-state index is -0.0719. The van der Waals surface area contributed by atoms with Crippen LogP contribution >= 0.6 is 0 Å². The van der Waals surface area contributed by atoms with E-state index >= 15 is 0 Å². The van der Waals surface area contributed by atoms with Crippen LogP contribution in [0.1, 0.15) is 60.3 Å². The highest BCUT2D eigenvalue weighted by atomic mass is 16.3. The average molecular weight is 198 g/mol. The lowest BCUT2D eigenvalue weighted by molar-refractivity contribution is 0.113. The average Bonchev–Trinajstić information content (AvgIpc) is 2.05. The summed E-state index contributed by atoms with van der Waals surface area (Å²) in [6.45, 7) is 11.6. The zero-order valence-electron chi connectivity index (χ0n) is 10.4. The second kappa shape index (κ2) is 3.84. The van der Waals surface area contributed by atoms with Crippen LogP contribution in [0, 0.1) is 16.7 Å². The first kappa shape index (κ1) is 12.0. The Kier molecular flexibility index (Phi) is 3.30. The Hall–Kier alpha value is -0.0400. The number of aliphatic hydroxyl groups excluding tert-OH is 1. The molecule has 1 rings (SSSR count). The van der Waals surface area contributed by atoms with Crippen molar-refractivity contribution in [1.82, 2.24) is 0 Å². The summed E-state index contributed by atoms with van der Waals surface area (Å²) in [6.07, 6.45) is 4.34. The molecule has 1 N–H and O–H groups in total. The van der Waals surface area contributed by atoms with Gasteiger partial charge in [-0.15, -0.1) is 0 Å². The minimum absolute atomic E-state index is 0.0719. The van der Waals surface area contributed by atoms with E-state index in [2.05, 4.69) is 34.6 Å². The molecule has 1 nitrogen and oxygen atoms in total. The Bertz CT molecular complexity index is 188. The molecule has 2 atom stereocenters. The summed E-state index contributed by atoms with van der Waals surface area (Å²) >= 11 is 0. The first-order chi connectivity index (χ1) is 6.21. The lowest BCUT2D eigenvalue weighted by Crippen LogP contribution is -2.25. The molecular formula is C13H26O. The number of hydrogen-bond acceptors (Lipinski definition) is 1. The molecule has 1 fully saturated rings. The molecule has 0 radical (unpaired) electrons. The smallest absolute Gasteiger partial charge is 0.0545 e. The molecule has 14 heavy (non-hydrogen) atoms. The van der Waals surface area contributed by atoms with Gasteiger partial charge in [0.15, 0.2) is 0 Å². The van der Waals surface area contributed by atoms with Crippen molar-refractivity contribution in [2.24, 2.45) is 16.7 Å². The van der Waals surface area contributed by atoms with Gasteiger partial charge in [0.2, 0.25) is 0 Å². The molecule has 0 spiro atoms. The monoisotopic (exact) mass is 198 g/mol. The molecule has 0 aliphatic heterocycles. The van der Waals surface area contributed by atoms with Gasteiger partial charge in [-0.05, 0) is 42.4 Å². The normalized spacial score (nSPS) is 33.9. The van der Waals surface area contributed by atoms with Gasteiger partial charge >= 0.3 is 0 Å². The van der Waals surface area contributed by atoms with Crippen LogP contribution in [0.5, 0.6) is 0 Å². The zero-order chi connectivity index (χ0) is 11.0. The first-order valence-corrected chi connectivity index (χ1v) is 5.89. The Morgan fingerprint density at radius 1 is 1.07 bits per heavy atom. The highest BCUT2D eigenvalue weighted by Crippen LogP contribution is 2.44. The maximum Gasteiger partial charge on any atom is 0.0545 e. The van der Waals surface area contributed by atoms with E-state index in [1.807, 2.05) is 0 Å². The van der Waals surface area contributed by atoms with Crippen molar-refractivity contribution in [1.29, 1.82) is 0 Å². The SMILES string of the molecule is CC1(C)C[C@H](O)CC[C@H](C(C)(C)C)C1. The first-order valence-electron chi connectivity index (χ1n) is 5.89. The summed E-state index contributed by atoms with van der Waals surface area (Å²) in [5.74, 6) is 0.759. The maximum atomic E-state index is 9.81. The standard InChI is InChI=1S/C13H26O/c1-12(2,3)10-6-7-11(14)9-13(4,5)8-10/h10-11,14H,6-9H2,1-5H3/t10-,11+/m0/s1. The number of aliphatic hydroxyl groups is 1. The molecule has 1 aliphatic carbocycles. The summed E-state index contributed by atoms with van der Waals surface area (Å²) < 4.78 is 0. The predicted molar refractivity (Wildman–Crippen MR) is 61.2 cm³/mol. The summed E-state index contributed by atoms with van der Waals surface area (Å²) in [6, 6.07) is 0. The fourth-order valence-corrected chi connectivity index (χ4v) is 2.73. The van der Waals surface area contributed by atoms with E-state index in [4.69, 9.17) is 0 Å². The lowest BCUT2D eigenvalue weighted by Gasteiger charge is -2.35. The third kappa shape index (κ3) is 3.27. The molecule has 0 bridgehead atoms. The van der Waals surface area contributed by atoms with Crippen LogP contribution in [-0.4, -0.2) is 11.2 Å². The van der Waals surface area contributed by atoms with Crippen molar-refractivity contribution >= 4 is 0 Å². The van der Waals surface area contributed by atoms with Gasteiger partial charge in [0.05, 0.1) is 6.10 Å². The van der Waals surface area contributed by atoms with Crippen molar-refractivity contribution in [2.45, 2.75) is 66.4 Å². The van der Waals surface area contributed by atoms with Crippen LogP contribution < -0.4 is 0 Å². The van der Waals surface area contributed by atoms with Gasteiger partial charge in [-0.2, -0.15) is 0 Å². The van der Waals surface area contributed by atoms with Crippen LogP contribution in [0.25, 0.3) is 0 Å². The van der Waals surface area contributed by atoms with E-state index in [1.54, 1.807) is 0 Å². The van der Waals surface area contributed by atoms with Gasteiger partial charge in [-0.3, -0.25) is 0 Å². The zero-order valence-corrected chi connectivity index (χ0v) is 10.4. The summed E-state index contributed by atoms with van der Waals surface area (Å²) in [5.41, 5.74) is 0.704. The maximum absolute atomic E-state index is 9.81. The molecule has 0 aromatic rings. The van der Waals surface area contributed by atoms with E-state index in [0.29, 0.717) is 10.8 Å². The fourth-order valence-electron chi connectivity index (χ4n) is 2.73. The fraction of sp³-hybridized carbons (Fsp3) is 1.00.